The number of urea groups is 1. The zero-order valence-corrected chi connectivity index (χ0v) is 20.6. The van der Waals surface area contributed by atoms with Crippen molar-refractivity contribution in [1.29, 1.82) is 0 Å². The number of para-hydroxylation sites is 1. The number of aromatic nitrogens is 3. The number of nitrogens with zero attached hydrogens (tertiary/aromatic N) is 3. The Bertz CT molecular complexity index is 1030. The number of carbonyl (C=O) groups excluding carboxylic acids is 2. The molecule has 1 heterocycles. The molecule has 34 heavy (non-hydrogen) atoms. The quantitative estimate of drug-likeness (QED) is 0.509. The number of hydrogen-bond acceptors (Lipinski definition) is 6. The minimum Gasteiger partial charge on any atom is -0.483 e. The Hall–Kier alpha value is -2.62. The third-order valence-electron chi connectivity index (χ3n) is 6.97. The van der Waals surface area contributed by atoms with Crippen LogP contribution < -0.4 is 15.4 Å². The van der Waals surface area contributed by atoms with E-state index in [2.05, 4.69) is 27.8 Å². The van der Waals surface area contributed by atoms with Gasteiger partial charge in [-0.05, 0) is 69.9 Å². The van der Waals surface area contributed by atoms with E-state index in [0.29, 0.717) is 29.4 Å². The van der Waals surface area contributed by atoms with Crippen molar-refractivity contribution in [3.05, 3.63) is 35.9 Å². The van der Waals surface area contributed by atoms with Gasteiger partial charge < -0.3 is 10.1 Å². The van der Waals surface area contributed by atoms with E-state index in [1.165, 1.54) is 43.5 Å². The topological polar surface area (TPSA) is 98.1 Å². The lowest BCUT2D eigenvalue weighted by atomic mass is 9.84. The fourth-order valence-electron chi connectivity index (χ4n) is 5.31. The molecule has 1 aromatic carbocycles. The number of thioether (sulfide) groups is 1. The number of rotatable bonds is 9. The largest absolute Gasteiger partial charge is 0.483 e. The molecule has 0 radical (unpaired) electrons. The summed E-state index contributed by atoms with van der Waals surface area (Å²) in [6.07, 6.45) is 5.00. The molecule has 4 rings (SSSR count). The number of halogens is 1. The summed E-state index contributed by atoms with van der Waals surface area (Å²) >= 11 is 1.26. The van der Waals surface area contributed by atoms with Gasteiger partial charge in [0.15, 0.2) is 22.5 Å². The van der Waals surface area contributed by atoms with Gasteiger partial charge in [0.05, 0.1) is 5.25 Å². The summed E-state index contributed by atoms with van der Waals surface area (Å²) in [4.78, 5) is 24.3. The van der Waals surface area contributed by atoms with Crippen molar-refractivity contribution in [1.82, 2.24) is 25.4 Å². The van der Waals surface area contributed by atoms with Crippen molar-refractivity contribution in [2.24, 2.45) is 17.8 Å². The van der Waals surface area contributed by atoms with Crippen LogP contribution in [0, 0.1) is 23.6 Å². The fourth-order valence-corrected chi connectivity index (χ4v) is 6.26. The first kappa shape index (κ1) is 24.5. The Balaban J connectivity index is 1.54. The van der Waals surface area contributed by atoms with Crippen LogP contribution in [-0.4, -0.2) is 38.5 Å². The highest BCUT2D eigenvalue weighted by Crippen LogP contribution is 2.52. The molecule has 2 aliphatic rings. The molecular formula is C24H32FN5O3S. The van der Waals surface area contributed by atoms with Gasteiger partial charge in [-0.15, -0.1) is 10.2 Å². The van der Waals surface area contributed by atoms with Crippen LogP contribution in [-0.2, 0) is 11.4 Å². The van der Waals surface area contributed by atoms with E-state index in [4.69, 9.17) is 4.74 Å². The van der Waals surface area contributed by atoms with Gasteiger partial charge in [-0.3, -0.25) is 14.7 Å². The predicted molar refractivity (Wildman–Crippen MR) is 127 cm³/mol. The minimum absolute atomic E-state index is 0.0686. The maximum atomic E-state index is 14.1. The summed E-state index contributed by atoms with van der Waals surface area (Å²) in [7, 11) is 0. The molecule has 2 N–H and O–H groups in total. The maximum absolute atomic E-state index is 14.1. The monoisotopic (exact) mass is 489 g/mol. The molecule has 5 atom stereocenters. The molecule has 2 fully saturated rings. The Labute approximate surface area is 203 Å². The van der Waals surface area contributed by atoms with Crippen LogP contribution in [0.3, 0.4) is 0 Å². The summed E-state index contributed by atoms with van der Waals surface area (Å²) in [6.45, 7) is 6.19. The van der Waals surface area contributed by atoms with Crippen molar-refractivity contribution in [3.8, 4) is 5.75 Å². The van der Waals surface area contributed by atoms with Crippen LogP contribution >= 0.6 is 11.8 Å². The van der Waals surface area contributed by atoms with E-state index in [0.717, 1.165) is 5.92 Å². The second kappa shape index (κ2) is 10.8. The van der Waals surface area contributed by atoms with Gasteiger partial charge in [-0.25, -0.2) is 9.18 Å². The van der Waals surface area contributed by atoms with Crippen LogP contribution in [0.4, 0.5) is 9.18 Å². The first-order valence-corrected chi connectivity index (χ1v) is 12.8. The molecule has 2 aromatic rings. The highest BCUT2D eigenvalue weighted by Gasteiger charge is 2.43. The van der Waals surface area contributed by atoms with Gasteiger partial charge in [0, 0.05) is 12.6 Å². The van der Waals surface area contributed by atoms with E-state index < -0.39 is 23.0 Å². The number of hydrogen-bond donors (Lipinski definition) is 2. The second-order valence-corrected chi connectivity index (χ2v) is 10.5. The Morgan fingerprint density at radius 1 is 1.24 bits per heavy atom. The molecule has 0 aliphatic heterocycles. The zero-order valence-electron chi connectivity index (χ0n) is 19.8. The average Bonchev–Trinajstić information content (AvgIpc) is 3.54. The number of carbonyl (C=O) groups is 2. The molecule has 3 amide bonds. The molecule has 1 aromatic heterocycles. The first-order chi connectivity index (χ1) is 16.4. The van der Waals surface area contributed by atoms with E-state index >= 15 is 0 Å². The lowest BCUT2D eigenvalue weighted by Gasteiger charge is -2.30. The van der Waals surface area contributed by atoms with Gasteiger partial charge in [0.2, 0.25) is 5.91 Å². The molecule has 184 valence electrons. The molecule has 8 nitrogen and oxygen atoms in total. The van der Waals surface area contributed by atoms with Crippen LogP contribution in [0.1, 0.15) is 58.3 Å². The molecule has 5 unspecified atom stereocenters. The van der Waals surface area contributed by atoms with Crippen molar-refractivity contribution >= 4 is 23.7 Å². The molecule has 0 spiro atoms. The van der Waals surface area contributed by atoms with Gasteiger partial charge in [0.1, 0.15) is 6.61 Å². The normalized spacial score (nSPS) is 22.9. The van der Waals surface area contributed by atoms with Crippen molar-refractivity contribution in [2.75, 3.05) is 6.54 Å². The number of imide groups is 1. The van der Waals surface area contributed by atoms with E-state index in [9.17, 15) is 14.0 Å². The third kappa shape index (κ3) is 5.37. The second-order valence-electron chi connectivity index (χ2n) is 9.18. The standard InChI is InChI=1S/C24H32FN5O3S/c1-4-26-23(32)27-22(31)15(3)34-24-29-28-21(13-33-20-8-6-5-7-19(20)25)30(24)14(2)18-12-16-9-10-17(18)11-16/h5-8,14-18H,4,9-13H2,1-3H3,(H2,26,27,31,32). The maximum Gasteiger partial charge on any atom is 0.321 e. The van der Waals surface area contributed by atoms with Crippen LogP contribution in [0.5, 0.6) is 5.75 Å². The molecular weight excluding hydrogens is 457 g/mol. The van der Waals surface area contributed by atoms with Crippen LogP contribution in [0.25, 0.3) is 0 Å². The molecule has 2 bridgehead atoms. The highest BCUT2D eigenvalue weighted by molar-refractivity contribution is 8.00. The molecule has 2 saturated carbocycles. The van der Waals surface area contributed by atoms with Gasteiger partial charge >= 0.3 is 6.03 Å². The van der Waals surface area contributed by atoms with Crippen LogP contribution in [0.2, 0.25) is 0 Å². The molecule has 10 heteroatoms. The number of benzene rings is 1. The lowest BCUT2D eigenvalue weighted by molar-refractivity contribution is -0.119. The third-order valence-corrected chi connectivity index (χ3v) is 8.03. The smallest absolute Gasteiger partial charge is 0.321 e. The SMILES string of the molecule is CCNC(=O)NC(=O)C(C)Sc1nnc(COc2ccccc2F)n1C(C)C1CC2CCC1C2. The van der Waals surface area contributed by atoms with Crippen molar-refractivity contribution in [2.45, 2.75) is 69.5 Å². The number of amides is 3. The van der Waals surface area contributed by atoms with Crippen LogP contribution in [0.15, 0.2) is 29.4 Å². The Kier molecular flexibility index (Phi) is 7.75. The number of nitrogens with one attached hydrogen (secondary N) is 2. The summed E-state index contributed by atoms with van der Waals surface area (Å²) in [5.41, 5.74) is 0. The number of fused-ring (bicyclic) bond motifs is 2. The first-order valence-electron chi connectivity index (χ1n) is 11.9. The van der Waals surface area contributed by atoms with E-state index in [-0.39, 0.29) is 18.4 Å². The van der Waals surface area contributed by atoms with Gasteiger partial charge in [0.25, 0.3) is 0 Å². The summed E-state index contributed by atoms with van der Waals surface area (Å²) in [5.74, 6) is 1.89. The predicted octanol–water partition coefficient (Wildman–Crippen LogP) is 4.32. The van der Waals surface area contributed by atoms with Crippen molar-refractivity contribution < 1.29 is 18.7 Å². The summed E-state index contributed by atoms with van der Waals surface area (Å²) < 4.78 is 21.9. The highest BCUT2D eigenvalue weighted by atomic mass is 32.2. The summed E-state index contributed by atoms with van der Waals surface area (Å²) in [5, 5.41) is 13.7. The number of ether oxygens (including phenoxy) is 1. The Morgan fingerprint density at radius 2 is 2.03 bits per heavy atom. The van der Waals surface area contributed by atoms with E-state index in [1.807, 2.05) is 4.57 Å². The lowest BCUT2D eigenvalue weighted by Crippen LogP contribution is -2.42. The van der Waals surface area contributed by atoms with Gasteiger partial charge in [-0.2, -0.15) is 0 Å². The molecule has 0 saturated heterocycles. The zero-order chi connectivity index (χ0) is 24.2. The Morgan fingerprint density at radius 3 is 2.71 bits per heavy atom. The average molecular weight is 490 g/mol. The van der Waals surface area contributed by atoms with Crippen molar-refractivity contribution in [3.63, 3.8) is 0 Å². The minimum atomic E-state index is -0.557. The molecule has 2 aliphatic carbocycles. The fraction of sp³-hybridized carbons (Fsp3) is 0.583. The summed E-state index contributed by atoms with van der Waals surface area (Å²) in [6, 6.07) is 5.87. The van der Waals surface area contributed by atoms with E-state index in [1.54, 1.807) is 32.0 Å². The van der Waals surface area contributed by atoms with Gasteiger partial charge in [-0.1, -0.05) is 30.3 Å².